The molecule has 0 unspecified atom stereocenters. The van der Waals surface area contributed by atoms with Crippen LogP contribution in [0.25, 0.3) is 0 Å². The number of benzene rings is 1. The van der Waals surface area contributed by atoms with Crippen molar-refractivity contribution in [1.82, 2.24) is 5.32 Å². The minimum Gasteiger partial charge on any atom is -0.493 e. The Balaban J connectivity index is 2.59. The van der Waals surface area contributed by atoms with E-state index >= 15 is 0 Å². The lowest BCUT2D eigenvalue weighted by Gasteiger charge is -2.14. The van der Waals surface area contributed by atoms with Gasteiger partial charge in [0.15, 0.2) is 0 Å². The maximum absolute atomic E-state index is 5.98. The number of ether oxygens (including phenoxy) is 2. The Bertz CT molecular complexity index is 393. The van der Waals surface area contributed by atoms with Gasteiger partial charge >= 0.3 is 0 Å². The van der Waals surface area contributed by atoms with E-state index in [2.05, 4.69) is 38.2 Å². The summed E-state index contributed by atoms with van der Waals surface area (Å²) in [4.78, 5) is 0. The molecule has 0 aliphatic carbocycles. The topological polar surface area (TPSA) is 30.5 Å². The summed E-state index contributed by atoms with van der Waals surface area (Å²) in [6.45, 7) is 9.91. The summed E-state index contributed by atoms with van der Waals surface area (Å²) in [7, 11) is 0. The monoisotopic (exact) mass is 307 g/mol. The van der Waals surface area contributed by atoms with E-state index in [1.54, 1.807) is 0 Å². The van der Waals surface area contributed by atoms with Crippen LogP contribution in [0.2, 0.25) is 0 Å². The van der Waals surface area contributed by atoms with E-state index in [1.807, 2.05) is 6.07 Å². The molecule has 0 atom stereocenters. The highest BCUT2D eigenvalue weighted by Gasteiger charge is 2.06. The minimum atomic E-state index is 0.784. The summed E-state index contributed by atoms with van der Waals surface area (Å²) in [6, 6.07) is 6.22. The number of rotatable bonds is 13. The van der Waals surface area contributed by atoms with Gasteiger partial charge in [-0.25, -0.2) is 0 Å². The van der Waals surface area contributed by atoms with Crippen LogP contribution in [-0.2, 0) is 6.54 Å². The Labute approximate surface area is 136 Å². The largest absolute Gasteiger partial charge is 0.493 e. The zero-order chi connectivity index (χ0) is 16.0. The second kappa shape index (κ2) is 12.3. The summed E-state index contributed by atoms with van der Waals surface area (Å²) in [6.07, 6.45) is 7.10. The summed E-state index contributed by atoms with van der Waals surface area (Å²) in [5.74, 6) is 1.88. The van der Waals surface area contributed by atoms with Gasteiger partial charge in [0.2, 0.25) is 0 Å². The van der Waals surface area contributed by atoms with Gasteiger partial charge in [-0.1, -0.05) is 52.5 Å². The first-order chi connectivity index (χ1) is 10.8. The fourth-order valence-electron chi connectivity index (χ4n) is 2.24. The fourth-order valence-corrected chi connectivity index (χ4v) is 2.24. The molecular weight excluding hydrogens is 274 g/mol. The van der Waals surface area contributed by atoms with Crippen molar-refractivity contribution < 1.29 is 9.47 Å². The molecule has 0 bridgehead atoms. The number of hydrogen-bond acceptors (Lipinski definition) is 3. The van der Waals surface area contributed by atoms with Crippen LogP contribution in [0.3, 0.4) is 0 Å². The summed E-state index contributed by atoms with van der Waals surface area (Å²) in [5.41, 5.74) is 1.21. The molecule has 1 aromatic carbocycles. The number of unbranched alkanes of at least 4 members (excludes halogenated alkanes) is 4. The quantitative estimate of drug-likeness (QED) is 0.524. The molecular formula is C19H33NO2. The third-order valence-corrected chi connectivity index (χ3v) is 3.63. The van der Waals surface area contributed by atoms with Gasteiger partial charge in [0, 0.05) is 18.2 Å². The normalized spacial score (nSPS) is 10.7. The highest BCUT2D eigenvalue weighted by molar-refractivity contribution is 5.40. The molecule has 3 nitrogen and oxygen atoms in total. The average Bonchev–Trinajstić information content (AvgIpc) is 2.54. The van der Waals surface area contributed by atoms with E-state index in [0.29, 0.717) is 0 Å². The molecule has 126 valence electrons. The summed E-state index contributed by atoms with van der Waals surface area (Å²) < 4.78 is 11.8. The van der Waals surface area contributed by atoms with Crippen molar-refractivity contribution in [2.24, 2.45) is 0 Å². The SMILES string of the molecule is CCCCCOc1ccc(CNCC)c(OCCCCC)c1. The molecule has 0 aromatic heterocycles. The lowest BCUT2D eigenvalue weighted by molar-refractivity contribution is 0.289. The molecule has 0 aliphatic rings. The smallest absolute Gasteiger partial charge is 0.127 e. The second-order valence-corrected chi connectivity index (χ2v) is 5.66. The van der Waals surface area contributed by atoms with Gasteiger partial charge in [-0.3, -0.25) is 0 Å². The van der Waals surface area contributed by atoms with Crippen molar-refractivity contribution in [2.45, 2.75) is 65.8 Å². The van der Waals surface area contributed by atoms with Crippen LogP contribution in [0.4, 0.5) is 0 Å². The fraction of sp³-hybridized carbons (Fsp3) is 0.684. The first-order valence-electron chi connectivity index (χ1n) is 8.91. The molecule has 0 aliphatic heterocycles. The van der Waals surface area contributed by atoms with Crippen LogP contribution < -0.4 is 14.8 Å². The predicted octanol–water partition coefficient (Wildman–Crippen LogP) is 4.93. The molecule has 3 heteroatoms. The molecule has 0 heterocycles. The highest BCUT2D eigenvalue weighted by Crippen LogP contribution is 2.25. The van der Waals surface area contributed by atoms with E-state index in [-0.39, 0.29) is 0 Å². The Morgan fingerprint density at radius 3 is 2.18 bits per heavy atom. The lowest BCUT2D eigenvalue weighted by Crippen LogP contribution is -2.13. The van der Waals surface area contributed by atoms with E-state index in [0.717, 1.165) is 50.6 Å². The molecule has 1 aromatic rings. The van der Waals surface area contributed by atoms with Crippen LogP contribution in [0, 0.1) is 0 Å². The Morgan fingerprint density at radius 1 is 0.864 bits per heavy atom. The van der Waals surface area contributed by atoms with Crippen molar-refractivity contribution in [2.75, 3.05) is 19.8 Å². The lowest BCUT2D eigenvalue weighted by atomic mass is 10.2. The van der Waals surface area contributed by atoms with E-state index < -0.39 is 0 Å². The zero-order valence-electron chi connectivity index (χ0n) is 14.6. The van der Waals surface area contributed by atoms with Gasteiger partial charge in [-0.05, 0) is 25.5 Å². The number of hydrogen-bond donors (Lipinski definition) is 1. The summed E-state index contributed by atoms with van der Waals surface area (Å²) in [5, 5.41) is 3.37. The second-order valence-electron chi connectivity index (χ2n) is 5.66. The molecule has 1 N–H and O–H groups in total. The molecule has 22 heavy (non-hydrogen) atoms. The first-order valence-corrected chi connectivity index (χ1v) is 8.91. The van der Waals surface area contributed by atoms with Crippen molar-refractivity contribution in [3.05, 3.63) is 23.8 Å². The molecule has 0 radical (unpaired) electrons. The van der Waals surface area contributed by atoms with Gasteiger partial charge in [-0.15, -0.1) is 0 Å². The summed E-state index contributed by atoms with van der Waals surface area (Å²) >= 11 is 0. The first kappa shape index (κ1) is 18.8. The third kappa shape index (κ3) is 7.69. The van der Waals surface area contributed by atoms with Crippen molar-refractivity contribution in [3.8, 4) is 11.5 Å². The molecule has 0 saturated heterocycles. The molecule has 0 fully saturated rings. The standard InChI is InChI=1S/C19H33NO2/c1-4-7-9-13-21-18-12-11-17(16-20-6-3)19(15-18)22-14-10-8-5-2/h11-12,15,20H,4-10,13-14,16H2,1-3H3. The van der Waals surface area contributed by atoms with Gasteiger partial charge in [0.1, 0.15) is 11.5 Å². The Morgan fingerprint density at radius 2 is 1.55 bits per heavy atom. The van der Waals surface area contributed by atoms with E-state index in [1.165, 1.54) is 31.2 Å². The Hall–Kier alpha value is -1.22. The van der Waals surface area contributed by atoms with Crippen LogP contribution >= 0.6 is 0 Å². The van der Waals surface area contributed by atoms with Crippen LogP contribution in [0.5, 0.6) is 11.5 Å². The van der Waals surface area contributed by atoms with Gasteiger partial charge in [0.05, 0.1) is 13.2 Å². The molecule has 0 spiro atoms. The predicted molar refractivity (Wildman–Crippen MR) is 93.9 cm³/mol. The average molecular weight is 307 g/mol. The van der Waals surface area contributed by atoms with Crippen LogP contribution in [0.1, 0.15) is 64.9 Å². The molecule has 0 amide bonds. The van der Waals surface area contributed by atoms with Crippen molar-refractivity contribution in [1.29, 1.82) is 0 Å². The van der Waals surface area contributed by atoms with Crippen molar-refractivity contribution in [3.63, 3.8) is 0 Å². The van der Waals surface area contributed by atoms with E-state index in [4.69, 9.17) is 9.47 Å². The zero-order valence-corrected chi connectivity index (χ0v) is 14.6. The maximum Gasteiger partial charge on any atom is 0.127 e. The van der Waals surface area contributed by atoms with E-state index in [9.17, 15) is 0 Å². The van der Waals surface area contributed by atoms with Crippen LogP contribution in [-0.4, -0.2) is 19.8 Å². The molecule has 1 rings (SSSR count). The van der Waals surface area contributed by atoms with Gasteiger partial charge < -0.3 is 14.8 Å². The minimum absolute atomic E-state index is 0.784. The van der Waals surface area contributed by atoms with Crippen LogP contribution in [0.15, 0.2) is 18.2 Å². The van der Waals surface area contributed by atoms with Gasteiger partial charge in [-0.2, -0.15) is 0 Å². The molecule has 0 saturated carbocycles. The van der Waals surface area contributed by atoms with Gasteiger partial charge in [0.25, 0.3) is 0 Å². The maximum atomic E-state index is 5.98. The Kier molecular flexibility index (Phi) is 10.6. The third-order valence-electron chi connectivity index (χ3n) is 3.63. The highest BCUT2D eigenvalue weighted by atomic mass is 16.5. The van der Waals surface area contributed by atoms with Crippen molar-refractivity contribution >= 4 is 0 Å². The number of nitrogens with one attached hydrogen (secondary N) is 1.